The standard InChI is InChI=1S/C34H41N5O4/c35-33(41)27-14-19-39(20-15-27)24-25-10-12-28(13-11-25)36-32(40)18-23-38-21-16-29(17-22-38)43-34(42)37-31-9-5-4-8-30(31)26-6-2-1-3-7-26/h1-13,27,29H,14-24H2,(H2,35,41)(H,36,40)(H,37,42). The van der Waals surface area contributed by atoms with Crippen LogP contribution in [0.4, 0.5) is 16.2 Å². The van der Waals surface area contributed by atoms with Crippen LogP contribution in [0.15, 0.2) is 78.9 Å². The second kappa shape index (κ2) is 14.8. The van der Waals surface area contributed by atoms with E-state index < -0.39 is 6.09 Å². The molecule has 2 fully saturated rings. The molecule has 2 saturated heterocycles. The number of para-hydroxylation sites is 1. The number of ether oxygens (including phenoxy) is 1. The maximum Gasteiger partial charge on any atom is 0.411 e. The number of primary amides is 1. The molecule has 3 aromatic carbocycles. The van der Waals surface area contributed by atoms with E-state index in [2.05, 4.69) is 20.4 Å². The van der Waals surface area contributed by atoms with E-state index >= 15 is 0 Å². The number of hydrogen-bond acceptors (Lipinski definition) is 6. The summed E-state index contributed by atoms with van der Waals surface area (Å²) in [4.78, 5) is 41.2. The van der Waals surface area contributed by atoms with Gasteiger partial charge in [-0.3, -0.25) is 19.8 Å². The van der Waals surface area contributed by atoms with E-state index in [1.807, 2.05) is 78.9 Å². The highest BCUT2D eigenvalue weighted by atomic mass is 16.6. The average Bonchev–Trinajstić information content (AvgIpc) is 3.02. The Kier molecular flexibility index (Phi) is 10.4. The molecule has 0 atom stereocenters. The first-order valence-corrected chi connectivity index (χ1v) is 15.2. The molecule has 5 rings (SSSR count). The third kappa shape index (κ3) is 8.89. The Balaban J connectivity index is 0.988. The Labute approximate surface area is 253 Å². The number of piperidine rings is 2. The molecule has 0 aromatic heterocycles. The molecule has 3 amide bonds. The normalized spacial score (nSPS) is 16.8. The van der Waals surface area contributed by atoms with Gasteiger partial charge in [-0.2, -0.15) is 0 Å². The predicted octanol–water partition coefficient (Wildman–Crippen LogP) is 5.09. The molecule has 4 N–H and O–H groups in total. The number of carbonyl (C=O) groups excluding carboxylic acids is 3. The first-order valence-electron chi connectivity index (χ1n) is 15.2. The third-order valence-electron chi connectivity index (χ3n) is 8.35. The highest BCUT2D eigenvalue weighted by molar-refractivity contribution is 5.92. The monoisotopic (exact) mass is 583 g/mol. The topological polar surface area (TPSA) is 117 Å². The summed E-state index contributed by atoms with van der Waals surface area (Å²) >= 11 is 0. The minimum absolute atomic E-state index is 0.00541. The van der Waals surface area contributed by atoms with Gasteiger partial charge in [-0.15, -0.1) is 0 Å². The van der Waals surface area contributed by atoms with Crippen LogP contribution in [0.2, 0.25) is 0 Å². The molecule has 226 valence electrons. The van der Waals surface area contributed by atoms with Crippen molar-refractivity contribution < 1.29 is 19.1 Å². The Hall–Kier alpha value is -4.21. The van der Waals surface area contributed by atoms with Gasteiger partial charge in [0.2, 0.25) is 11.8 Å². The minimum atomic E-state index is -0.445. The fraction of sp³-hybridized carbons (Fsp3) is 0.382. The van der Waals surface area contributed by atoms with Crippen LogP contribution in [0, 0.1) is 5.92 Å². The fourth-order valence-electron chi connectivity index (χ4n) is 5.81. The molecule has 0 spiro atoms. The Morgan fingerprint density at radius 3 is 2.12 bits per heavy atom. The van der Waals surface area contributed by atoms with Gasteiger partial charge < -0.3 is 20.7 Å². The lowest BCUT2D eigenvalue weighted by molar-refractivity contribution is -0.123. The molecule has 2 aliphatic heterocycles. The van der Waals surface area contributed by atoms with Gasteiger partial charge in [0.05, 0.1) is 5.69 Å². The van der Waals surface area contributed by atoms with Crippen molar-refractivity contribution in [1.82, 2.24) is 9.80 Å². The van der Waals surface area contributed by atoms with Gasteiger partial charge in [-0.25, -0.2) is 4.79 Å². The van der Waals surface area contributed by atoms with Crippen molar-refractivity contribution in [2.24, 2.45) is 11.7 Å². The third-order valence-corrected chi connectivity index (χ3v) is 8.35. The van der Waals surface area contributed by atoms with Crippen LogP contribution >= 0.6 is 0 Å². The van der Waals surface area contributed by atoms with Crippen molar-refractivity contribution in [3.63, 3.8) is 0 Å². The summed E-state index contributed by atoms with van der Waals surface area (Å²) in [6, 6.07) is 25.6. The van der Waals surface area contributed by atoms with Crippen LogP contribution in [0.25, 0.3) is 11.1 Å². The summed E-state index contributed by atoms with van der Waals surface area (Å²) in [5.41, 5.74) is 10.1. The molecule has 3 aromatic rings. The van der Waals surface area contributed by atoms with Crippen LogP contribution in [0.1, 0.15) is 37.7 Å². The fourth-order valence-corrected chi connectivity index (χ4v) is 5.81. The number of rotatable bonds is 10. The maximum absolute atomic E-state index is 12.7. The van der Waals surface area contributed by atoms with Crippen LogP contribution < -0.4 is 16.4 Å². The summed E-state index contributed by atoms with van der Waals surface area (Å²) in [6.45, 7) is 4.77. The Morgan fingerprint density at radius 1 is 0.767 bits per heavy atom. The van der Waals surface area contributed by atoms with Gasteiger partial charge in [-0.05, 0) is 68.1 Å². The number of benzene rings is 3. The quantitative estimate of drug-likeness (QED) is 0.306. The summed E-state index contributed by atoms with van der Waals surface area (Å²) in [5.74, 6) is -0.218. The number of amides is 3. The molecule has 0 saturated carbocycles. The molecule has 0 bridgehead atoms. The lowest BCUT2D eigenvalue weighted by Gasteiger charge is -2.31. The number of carbonyl (C=O) groups is 3. The van der Waals surface area contributed by atoms with Gasteiger partial charge in [0.25, 0.3) is 0 Å². The summed E-state index contributed by atoms with van der Waals surface area (Å²) in [6.07, 6.45) is 2.90. The SMILES string of the molecule is NC(=O)C1CCN(Cc2ccc(NC(=O)CCN3CCC(OC(=O)Nc4ccccc4-c4ccccc4)CC3)cc2)CC1. The van der Waals surface area contributed by atoms with E-state index in [-0.39, 0.29) is 23.8 Å². The van der Waals surface area contributed by atoms with Crippen LogP contribution in [-0.2, 0) is 20.9 Å². The molecule has 0 unspecified atom stereocenters. The first kappa shape index (κ1) is 30.3. The summed E-state index contributed by atoms with van der Waals surface area (Å²) < 4.78 is 5.73. The van der Waals surface area contributed by atoms with Crippen molar-refractivity contribution in [1.29, 1.82) is 0 Å². The second-order valence-electron chi connectivity index (χ2n) is 11.4. The number of nitrogens with one attached hydrogen (secondary N) is 2. The molecule has 2 heterocycles. The summed E-state index contributed by atoms with van der Waals surface area (Å²) in [5, 5.41) is 5.91. The zero-order valence-electron chi connectivity index (χ0n) is 24.5. The van der Waals surface area contributed by atoms with E-state index in [4.69, 9.17) is 10.5 Å². The lowest BCUT2D eigenvalue weighted by atomic mass is 9.96. The molecule has 2 aliphatic rings. The number of likely N-dealkylation sites (tertiary alicyclic amines) is 2. The van der Waals surface area contributed by atoms with Gasteiger partial charge in [0.15, 0.2) is 0 Å². The molecule has 43 heavy (non-hydrogen) atoms. The highest BCUT2D eigenvalue weighted by Crippen LogP contribution is 2.28. The maximum atomic E-state index is 12.7. The Bertz CT molecular complexity index is 1370. The number of anilines is 2. The number of nitrogens with two attached hydrogens (primary N) is 1. The van der Waals surface area contributed by atoms with Gasteiger partial charge >= 0.3 is 6.09 Å². The minimum Gasteiger partial charge on any atom is -0.446 e. The van der Waals surface area contributed by atoms with Gasteiger partial charge in [0, 0.05) is 49.8 Å². The van der Waals surface area contributed by atoms with Crippen LogP contribution in [0.5, 0.6) is 0 Å². The molecule has 9 nitrogen and oxygen atoms in total. The second-order valence-corrected chi connectivity index (χ2v) is 11.4. The van der Waals surface area contributed by atoms with E-state index in [9.17, 15) is 14.4 Å². The van der Waals surface area contributed by atoms with Gasteiger partial charge in [-0.1, -0.05) is 60.7 Å². The Morgan fingerprint density at radius 2 is 1.42 bits per heavy atom. The highest BCUT2D eigenvalue weighted by Gasteiger charge is 2.24. The average molecular weight is 584 g/mol. The number of nitrogens with zero attached hydrogens (tertiary/aromatic N) is 2. The first-order chi connectivity index (χ1) is 20.9. The predicted molar refractivity (Wildman–Crippen MR) is 168 cm³/mol. The largest absolute Gasteiger partial charge is 0.446 e. The number of hydrogen-bond donors (Lipinski definition) is 3. The smallest absolute Gasteiger partial charge is 0.411 e. The molecular formula is C34H41N5O4. The summed E-state index contributed by atoms with van der Waals surface area (Å²) in [7, 11) is 0. The lowest BCUT2D eigenvalue weighted by Crippen LogP contribution is -2.39. The van der Waals surface area contributed by atoms with E-state index in [0.29, 0.717) is 13.0 Å². The van der Waals surface area contributed by atoms with Crippen molar-refractivity contribution in [2.75, 3.05) is 43.4 Å². The molecule has 0 aliphatic carbocycles. The molecule has 9 heteroatoms. The van der Waals surface area contributed by atoms with Crippen molar-refractivity contribution in [3.05, 3.63) is 84.4 Å². The van der Waals surface area contributed by atoms with Crippen LogP contribution in [-0.4, -0.2) is 66.5 Å². The van der Waals surface area contributed by atoms with Crippen molar-refractivity contribution >= 4 is 29.3 Å². The van der Waals surface area contributed by atoms with E-state index in [0.717, 1.165) is 80.9 Å². The molecule has 0 radical (unpaired) electrons. The van der Waals surface area contributed by atoms with E-state index in [1.54, 1.807) is 0 Å². The van der Waals surface area contributed by atoms with Gasteiger partial charge in [0.1, 0.15) is 6.10 Å². The van der Waals surface area contributed by atoms with Crippen LogP contribution in [0.3, 0.4) is 0 Å². The van der Waals surface area contributed by atoms with Crippen molar-refractivity contribution in [2.45, 2.75) is 44.8 Å². The van der Waals surface area contributed by atoms with Crippen molar-refractivity contribution in [3.8, 4) is 11.1 Å². The van der Waals surface area contributed by atoms with E-state index in [1.165, 1.54) is 5.56 Å². The zero-order chi connectivity index (χ0) is 30.0. The zero-order valence-corrected chi connectivity index (χ0v) is 24.5. The molecular weight excluding hydrogens is 542 g/mol.